The van der Waals surface area contributed by atoms with Gasteiger partial charge in [0.05, 0.1) is 0 Å². The molecule has 4 nitrogen and oxygen atoms in total. The molecule has 3 unspecified atom stereocenters. The second-order valence-electron chi connectivity index (χ2n) is 6.48. The fraction of sp³-hybridized carbons (Fsp3) is 0.688. The molecule has 1 aliphatic carbocycles. The average molecular weight is 276 g/mol. The molecular formula is C16H28N4. The molecule has 0 spiro atoms. The van der Waals surface area contributed by atoms with Crippen LogP contribution in [0.25, 0.3) is 0 Å². The first kappa shape index (κ1) is 15.4. The smallest absolute Gasteiger partial charge is 0.0435 e. The summed E-state index contributed by atoms with van der Waals surface area (Å²) in [5, 5.41) is 0. The zero-order valence-corrected chi connectivity index (χ0v) is 13.0. The molecule has 0 radical (unpaired) electrons. The summed E-state index contributed by atoms with van der Waals surface area (Å²) in [5.74, 6) is 6.68. The van der Waals surface area contributed by atoms with Crippen LogP contribution in [-0.4, -0.2) is 35.6 Å². The molecule has 2 rings (SSSR count). The zero-order valence-electron chi connectivity index (χ0n) is 13.0. The standard InChI is InChI=1S/C16H28N4/c1-13-6-4-8-16(11-13,20(2)3)15(19-17)10-14-7-5-9-18-12-14/h5,7,9,12-13,15,19H,4,6,8,10-11,17H2,1-3H3. The molecule has 3 atom stereocenters. The molecule has 0 bridgehead atoms. The Labute approximate surface area is 122 Å². The van der Waals surface area contributed by atoms with E-state index in [0.29, 0.717) is 0 Å². The lowest BCUT2D eigenvalue weighted by Crippen LogP contribution is -2.63. The third-order valence-corrected chi connectivity index (χ3v) is 4.91. The minimum atomic E-state index is 0.141. The molecule has 1 aromatic rings. The zero-order chi connectivity index (χ0) is 14.6. The highest BCUT2D eigenvalue weighted by molar-refractivity contribution is 5.14. The van der Waals surface area contributed by atoms with Gasteiger partial charge in [-0.1, -0.05) is 25.8 Å². The number of pyridine rings is 1. The first-order chi connectivity index (χ1) is 9.58. The topological polar surface area (TPSA) is 54.2 Å². The molecule has 0 amide bonds. The van der Waals surface area contributed by atoms with Gasteiger partial charge in [-0.2, -0.15) is 0 Å². The molecule has 3 N–H and O–H groups in total. The van der Waals surface area contributed by atoms with Crippen molar-refractivity contribution in [2.24, 2.45) is 11.8 Å². The van der Waals surface area contributed by atoms with E-state index in [-0.39, 0.29) is 11.6 Å². The number of nitrogens with one attached hydrogen (secondary N) is 1. The predicted octanol–water partition coefficient (Wildman–Crippen LogP) is 1.97. The van der Waals surface area contributed by atoms with E-state index in [1.165, 1.54) is 31.2 Å². The number of rotatable bonds is 5. The first-order valence-corrected chi connectivity index (χ1v) is 7.61. The predicted molar refractivity (Wildman–Crippen MR) is 83.1 cm³/mol. The quantitative estimate of drug-likeness (QED) is 0.638. The van der Waals surface area contributed by atoms with Gasteiger partial charge >= 0.3 is 0 Å². The molecular weight excluding hydrogens is 248 g/mol. The number of likely N-dealkylation sites (N-methyl/N-ethyl adjacent to an activating group) is 1. The summed E-state index contributed by atoms with van der Waals surface area (Å²) in [4.78, 5) is 6.60. The van der Waals surface area contributed by atoms with Gasteiger partial charge in [-0.3, -0.25) is 16.3 Å². The summed E-state index contributed by atoms with van der Waals surface area (Å²) in [5.41, 5.74) is 4.48. The molecule has 112 valence electrons. The van der Waals surface area contributed by atoms with Crippen molar-refractivity contribution >= 4 is 0 Å². The van der Waals surface area contributed by atoms with Gasteiger partial charge in [0.15, 0.2) is 0 Å². The number of hydrazine groups is 1. The highest BCUT2D eigenvalue weighted by Crippen LogP contribution is 2.38. The van der Waals surface area contributed by atoms with Gasteiger partial charge in [-0.05, 0) is 50.9 Å². The number of aromatic nitrogens is 1. The van der Waals surface area contributed by atoms with Crippen LogP contribution in [0.3, 0.4) is 0 Å². The van der Waals surface area contributed by atoms with Crippen LogP contribution in [0.4, 0.5) is 0 Å². The lowest BCUT2D eigenvalue weighted by atomic mass is 9.70. The van der Waals surface area contributed by atoms with Crippen molar-refractivity contribution in [3.63, 3.8) is 0 Å². The van der Waals surface area contributed by atoms with Gasteiger partial charge in [-0.15, -0.1) is 0 Å². The van der Waals surface area contributed by atoms with Crippen molar-refractivity contribution in [1.82, 2.24) is 15.3 Å². The SMILES string of the molecule is CC1CCCC(C(Cc2cccnc2)NN)(N(C)C)C1. The molecule has 0 aromatic carbocycles. The van der Waals surface area contributed by atoms with Crippen LogP contribution in [0.2, 0.25) is 0 Å². The lowest BCUT2D eigenvalue weighted by Gasteiger charge is -2.50. The largest absolute Gasteiger partial charge is 0.302 e. The summed E-state index contributed by atoms with van der Waals surface area (Å²) in [6.07, 6.45) is 9.72. The van der Waals surface area contributed by atoms with Crippen molar-refractivity contribution in [2.45, 2.75) is 50.6 Å². The third kappa shape index (κ3) is 3.19. The van der Waals surface area contributed by atoms with Gasteiger partial charge in [0.1, 0.15) is 0 Å². The van der Waals surface area contributed by atoms with E-state index in [1.807, 2.05) is 18.5 Å². The van der Waals surface area contributed by atoms with E-state index in [1.54, 1.807) is 0 Å². The summed E-state index contributed by atoms with van der Waals surface area (Å²) in [7, 11) is 4.37. The van der Waals surface area contributed by atoms with Gasteiger partial charge in [0, 0.05) is 24.0 Å². The van der Waals surface area contributed by atoms with Crippen LogP contribution in [0.5, 0.6) is 0 Å². The summed E-state index contributed by atoms with van der Waals surface area (Å²) in [6, 6.07) is 4.38. The normalized spacial score (nSPS) is 28.6. The van der Waals surface area contributed by atoms with Crippen LogP contribution >= 0.6 is 0 Å². The molecule has 0 saturated heterocycles. The van der Waals surface area contributed by atoms with Crippen LogP contribution in [-0.2, 0) is 6.42 Å². The number of hydrogen-bond acceptors (Lipinski definition) is 4. The first-order valence-electron chi connectivity index (χ1n) is 7.61. The van der Waals surface area contributed by atoms with Gasteiger partial charge in [-0.25, -0.2) is 0 Å². The van der Waals surface area contributed by atoms with Crippen molar-refractivity contribution in [1.29, 1.82) is 0 Å². The Kier molecular flexibility index (Phi) is 5.13. The summed E-state index contributed by atoms with van der Waals surface area (Å²) >= 11 is 0. The van der Waals surface area contributed by atoms with E-state index in [9.17, 15) is 0 Å². The molecule has 4 heteroatoms. The average Bonchev–Trinajstić information content (AvgIpc) is 2.45. The van der Waals surface area contributed by atoms with Gasteiger partial charge < -0.3 is 4.90 Å². The monoisotopic (exact) mass is 276 g/mol. The van der Waals surface area contributed by atoms with E-state index >= 15 is 0 Å². The van der Waals surface area contributed by atoms with Crippen molar-refractivity contribution in [2.75, 3.05) is 14.1 Å². The van der Waals surface area contributed by atoms with Crippen LogP contribution in [0, 0.1) is 5.92 Å². The number of hydrogen-bond donors (Lipinski definition) is 2. The van der Waals surface area contributed by atoms with Crippen LogP contribution in [0.15, 0.2) is 24.5 Å². The fourth-order valence-corrected chi connectivity index (χ4v) is 3.76. The highest BCUT2D eigenvalue weighted by Gasteiger charge is 2.43. The number of nitrogens with two attached hydrogens (primary N) is 1. The van der Waals surface area contributed by atoms with E-state index in [0.717, 1.165) is 12.3 Å². The molecule has 20 heavy (non-hydrogen) atoms. The van der Waals surface area contributed by atoms with Gasteiger partial charge in [0.25, 0.3) is 0 Å². The Morgan fingerprint density at radius 1 is 1.55 bits per heavy atom. The van der Waals surface area contributed by atoms with Gasteiger partial charge in [0.2, 0.25) is 0 Å². The van der Waals surface area contributed by atoms with Crippen LogP contribution < -0.4 is 11.3 Å². The summed E-state index contributed by atoms with van der Waals surface area (Å²) < 4.78 is 0. The molecule has 1 fully saturated rings. The number of nitrogens with zero attached hydrogens (tertiary/aromatic N) is 2. The minimum Gasteiger partial charge on any atom is -0.302 e. The maximum Gasteiger partial charge on any atom is 0.0435 e. The van der Waals surface area contributed by atoms with Crippen LogP contribution in [0.1, 0.15) is 38.2 Å². The molecule has 1 heterocycles. The minimum absolute atomic E-state index is 0.141. The molecule has 1 aliphatic rings. The summed E-state index contributed by atoms with van der Waals surface area (Å²) in [6.45, 7) is 2.36. The Balaban J connectivity index is 2.21. The van der Waals surface area contributed by atoms with Crippen molar-refractivity contribution in [3.05, 3.63) is 30.1 Å². The second-order valence-corrected chi connectivity index (χ2v) is 6.48. The Hall–Kier alpha value is -0.970. The Bertz CT molecular complexity index is 406. The molecule has 0 aliphatic heterocycles. The van der Waals surface area contributed by atoms with Crippen molar-refractivity contribution in [3.8, 4) is 0 Å². The second kappa shape index (κ2) is 6.66. The van der Waals surface area contributed by atoms with E-state index < -0.39 is 0 Å². The fourth-order valence-electron chi connectivity index (χ4n) is 3.76. The van der Waals surface area contributed by atoms with E-state index in [2.05, 4.69) is 42.4 Å². The Morgan fingerprint density at radius 2 is 2.35 bits per heavy atom. The maximum absolute atomic E-state index is 5.92. The van der Waals surface area contributed by atoms with E-state index in [4.69, 9.17) is 5.84 Å². The van der Waals surface area contributed by atoms with Crippen molar-refractivity contribution < 1.29 is 0 Å². The maximum atomic E-state index is 5.92. The lowest BCUT2D eigenvalue weighted by molar-refractivity contribution is 0.0373. The molecule has 1 aromatic heterocycles. The highest BCUT2D eigenvalue weighted by atomic mass is 15.3. The Morgan fingerprint density at radius 3 is 2.90 bits per heavy atom. The third-order valence-electron chi connectivity index (χ3n) is 4.91. The molecule has 1 saturated carbocycles.